The number of aryl methyl sites for hydroxylation is 1. The van der Waals surface area contributed by atoms with Crippen molar-refractivity contribution in [3.8, 4) is 23.1 Å². The molecule has 0 amide bonds. The van der Waals surface area contributed by atoms with Crippen LogP contribution in [0, 0.1) is 11.5 Å². The molecule has 0 bridgehead atoms. The Morgan fingerprint density at radius 2 is 1.82 bits per heavy atom. The summed E-state index contributed by atoms with van der Waals surface area (Å²) < 4.78 is 4.75. The molecule has 0 aliphatic carbocycles. The molecule has 0 atom stereocenters. The van der Waals surface area contributed by atoms with Crippen molar-refractivity contribution in [2.24, 2.45) is 0 Å². The first-order valence-electron chi connectivity index (χ1n) is 5.59. The molecule has 0 aliphatic heterocycles. The average molecular weight is 223 g/mol. The van der Waals surface area contributed by atoms with Crippen molar-refractivity contribution in [2.45, 2.75) is 13.3 Å². The molecule has 2 aromatic rings. The second-order valence-electron chi connectivity index (χ2n) is 3.77. The molecule has 0 radical (unpaired) electrons. The van der Waals surface area contributed by atoms with Crippen LogP contribution < -0.4 is 4.74 Å². The molecule has 0 aromatic heterocycles. The maximum atomic E-state index is 8.40. The van der Waals surface area contributed by atoms with Crippen molar-refractivity contribution >= 4 is 0 Å². The molecule has 0 aliphatic rings. The second-order valence-corrected chi connectivity index (χ2v) is 3.77. The molecule has 0 N–H and O–H groups in total. The molecule has 0 unspecified atom stereocenters. The largest absolute Gasteiger partial charge is 0.388 e. The van der Waals surface area contributed by atoms with Gasteiger partial charge < -0.3 is 4.74 Å². The second kappa shape index (κ2) is 5.18. The number of nitriles is 1. The predicted molar refractivity (Wildman–Crippen MR) is 67.5 cm³/mol. The minimum atomic E-state index is 0.572. The Balaban J connectivity index is 2.30. The van der Waals surface area contributed by atoms with Gasteiger partial charge in [-0.3, -0.25) is 0 Å². The number of hydrogen-bond acceptors (Lipinski definition) is 2. The summed E-state index contributed by atoms with van der Waals surface area (Å²) in [5.74, 6) is 0.572. The lowest BCUT2D eigenvalue weighted by Gasteiger charge is -2.04. The van der Waals surface area contributed by atoms with Gasteiger partial charge >= 0.3 is 0 Å². The monoisotopic (exact) mass is 223 g/mol. The first kappa shape index (κ1) is 11.2. The lowest BCUT2D eigenvalue weighted by Crippen LogP contribution is -1.84. The zero-order valence-electron chi connectivity index (χ0n) is 9.68. The molecule has 0 heterocycles. The highest BCUT2D eigenvalue weighted by Gasteiger charge is 1.99. The molecule has 2 rings (SSSR count). The van der Waals surface area contributed by atoms with Gasteiger partial charge in [0.1, 0.15) is 5.75 Å². The SMILES string of the molecule is CCc1cccc(-c2ccc(OC#N)cc2)c1. The summed E-state index contributed by atoms with van der Waals surface area (Å²) in [4.78, 5) is 0. The van der Waals surface area contributed by atoms with E-state index in [0.29, 0.717) is 5.75 Å². The van der Waals surface area contributed by atoms with Gasteiger partial charge in [0, 0.05) is 0 Å². The molecule has 0 spiro atoms. The third-order valence-electron chi connectivity index (χ3n) is 2.69. The fourth-order valence-electron chi connectivity index (χ4n) is 1.74. The van der Waals surface area contributed by atoms with Crippen LogP contribution >= 0.6 is 0 Å². The summed E-state index contributed by atoms with van der Waals surface area (Å²) >= 11 is 0. The summed E-state index contributed by atoms with van der Waals surface area (Å²) in [7, 11) is 0. The van der Waals surface area contributed by atoms with Crippen molar-refractivity contribution < 1.29 is 4.74 Å². The van der Waals surface area contributed by atoms with Gasteiger partial charge in [0.2, 0.25) is 0 Å². The number of nitrogens with zero attached hydrogens (tertiary/aromatic N) is 1. The fraction of sp³-hybridized carbons (Fsp3) is 0.133. The van der Waals surface area contributed by atoms with Gasteiger partial charge in [0.25, 0.3) is 6.26 Å². The van der Waals surface area contributed by atoms with E-state index in [9.17, 15) is 0 Å². The van der Waals surface area contributed by atoms with Crippen molar-refractivity contribution in [3.63, 3.8) is 0 Å². The van der Waals surface area contributed by atoms with Crippen molar-refractivity contribution in [1.29, 1.82) is 5.26 Å². The average Bonchev–Trinajstić information content (AvgIpc) is 2.40. The standard InChI is InChI=1S/C15H13NO/c1-2-12-4-3-5-14(10-12)13-6-8-15(9-7-13)17-11-16/h3-10H,2H2,1H3. The molecule has 17 heavy (non-hydrogen) atoms. The third kappa shape index (κ3) is 2.64. The maximum absolute atomic E-state index is 8.40. The topological polar surface area (TPSA) is 33.0 Å². The van der Waals surface area contributed by atoms with E-state index in [1.54, 1.807) is 18.4 Å². The summed E-state index contributed by atoms with van der Waals surface area (Å²) in [6, 6.07) is 16.0. The van der Waals surface area contributed by atoms with Gasteiger partial charge in [0.15, 0.2) is 0 Å². The van der Waals surface area contributed by atoms with Gasteiger partial charge in [0.05, 0.1) is 0 Å². The highest BCUT2D eigenvalue weighted by atomic mass is 16.5. The first-order valence-corrected chi connectivity index (χ1v) is 5.59. The Kier molecular flexibility index (Phi) is 3.42. The van der Waals surface area contributed by atoms with Crippen LogP contribution in [-0.2, 0) is 6.42 Å². The quantitative estimate of drug-likeness (QED) is 0.742. The number of rotatable bonds is 3. The van der Waals surface area contributed by atoms with E-state index in [4.69, 9.17) is 10.00 Å². The molecular formula is C15H13NO. The van der Waals surface area contributed by atoms with Crippen LogP contribution in [0.15, 0.2) is 48.5 Å². The molecule has 84 valence electrons. The molecule has 2 aromatic carbocycles. The Morgan fingerprint density at radius 1 is 1.06 bits per heavy atom. The van der Waals surface area contributed by atoms with Gasteiger partial charge in [-0.25, -0.2) is 0 Å². The summed E-state index contributed by atoms with van der Waals surface area (Å²) in [5, 5.41) is 8.40. The fourth-order valence-corrected chi connectivity index (χ4v) is 1.74. The molecular weight excluding hydrogens is 210 g/mol. The van der Waals surface area contributed by atoms with Gasteiger partial charge in [-0.2, -0.15) is 0 Å². The van der Waals surface area contributed by atoms with Crippen LogP contribution in [-0.4, -0.2) is 0 Å². The molecule has 2 heteroatoms. The maximum Gasteiger partial charge on any atom is 0.292 e. The number of benzene rings is 2. The molecule has 0 fully saturated rings. The van der Waals surface area contributed by atoms with E-state index in [1.165, 1.54) is 11.1 Å². The minimum absolute atomic E-state index is 0.572. The van der Waals surface area contributed by atoms with Crippen molar-refractivity contribution in [3.05, 3.63) is 54.1 Å². The Morgan fingerprint density at radius 3 is 2.47 bits per heavy atom. The van der Waals surface area contributed by atoms with E-state index >= 15 is 0 Å². The van der Waals surface area contributed by atoms with E-state index in [2.05, 4.69) is 31.2 Å². The van der Waals surface area contributed by atoms with Crippen molar-refractivity contribution in [1.82, 2.24) is 0 Å². The van der Waals surface area contributed by atoms with Crippen LogP contribution in [0.4, 0.5) is 0 Å². The first-order chi connectivity index (χ1) is 8.33. The zero-order valence-corrected chi connectivity index (χ0v) is 9.68. The Hall–Kier alpha value is -2.27. The van der Waals surface area contributed by atoms with E-state index in [-0.39, 0.29) is 0 Å². The summed E-state index contributed by atoms with van der Waals surface area (Å²) in [5.41, 5.74) is 3.64. The highest BCUT2D eigenvalue weighted by molar-refractivity contribution is 5.64. The smallest absolute Gasteiger partial charge is 0.292 e. The van der Waals surface area contributed by atoms with Crippen LogP contribution in [0.25, 0.3) is 11.1 Å². The third-order valence-corrected chi connectivity index (χ3v) is 2.69. The van der Waals surface area contributed by atoms with Crippen molar-refractivity contribution in [2.75, 3.05) is 0 Å². The van der Waals surface area contributed by atoms with Gasteiger partial charge in [-0.1, -0.05) is 43.3 Å². The van der Waals surface area contributed by atoms with Crippen LogP contribution in [0.5, 0.6) is 5.75 Å². The van der Waals surface area contributed by atoms with Crippen LogP contribution in [0.3, 0.4) is 0 Å². The van der Waals surface area contributed by atoms with Gasteiger partial charge in [-0.05, 0) is 35.2 Å². The van der Waals surface area contributed by atoms with Gasteiger partial charge in [-0.15, -0.1) is 5.26 Å². The lowest BCUT2D eigenvalue weighted by atomic mass is 10.0. The number of hydrogen-bond donors (Lipinski definition) is 0. The molecule has 2 nitrogen and oxygen atoms in total. The normalized spacial score (nSPS) is 9.65. The number of ether oxygens (including phenoxy) is 1. The highest BCUT2D eigenvalue weighted by Crippen LogP contribution is 2.23. The zero-order chi connectivity index (χ0) is 12.1. The minimum Gasteiger partial charge on any atom is -0.388 e. The van der Waals surface area contributed by atoms with Crippen LogP contribution in [0.2, 0.25) is 0 Å². The predicted octanol–water partition coefficient (Wildman–Crippen LogP) is 3.78. The van der Waals surface area contributed by atoms with E-state index < -0.39 is 0 Å². The molecule has 0 saturated heterocycles. The lowest BCUT2D eigenvalue weighted by molar-refractivity contribution is 0.507. The van der Waals surface area contributed by atoms with E-state index in [1.807, 2.05) is 12.1 Å². The van der Waals surface area contributed by atoms with E-state index in [0.717, 1.165) is 12.0 Å². The van der Waals surface area contributed by atoms with Crippen LogP contribution in [0.1, 0.15) is 12.5 Å². The summed E-state index contributed by atoms with van der Waals surface area (Å²) in [6.45, 7) is 2.14. The Labute approximate surface area is 101 Å². The molecule has 0 saturated carbocycles. The summed E-state index contributed by atoms with van der Waals surface area (Å²) in [6.07, 6.45) is 2.69. The Bertz CT molecular complexity index is 538.